The van der Waals surface area contributed by atoms with Gasteiger partial charge in [-0.25, -0.2) is 0 Å². The number of nitrogens with one attached hydrogen (secondary N) is 1. The number of nitrogens with zero attached hydrogens (tertiary/aromatic N) is 2. The Kier molecular flexibility index (Phi) is 4.78. The first-order valence-electron chi connectivity index (χ1n) is 8.51. The van der Waals surface area contributed by atoms with Crippen LogP contribution in [0.3, 0.4) is 0 Å². The van der Waals surface area contributed by atoms with Crippen LogP contribution in [0, 0.1) is 0 Å². The van der Waals surface area contributed by atoms with Crippen molar-refractivity contribution in [3.63, 3.8) is 0 Å². The average molecular weight is 359 g/mol. The van der Waals surface area contributed by atoms with Crippen molar-refractivity contribution < 1.29 is 14.3 Å². The Morgan fingerprint density at radius 2 is 1.56 bits per heavy atom. The summed E-state index contributed by atoms with van der Waals surface area (Å²) in [6, 6.07) is 22.2. The second-order valence-electron chi connectivity index (χ2n) is 5.99. The minimum atomic E-state index is -0.104. The van der Waals surface area contributed by atoms with E-state index in [1.807, 2.05) is 60.7 Å². The maximum atomic E-state index is 12.3. The van der Waals surface area contributed by atoms with Crippen LogP contribution in [0.15, 0.2) is 83.0 Å². The van der Waals surface area contributed by atoms with Gasteiger partial charge in [0.1, 0.15) is 0 Å². The van der Waals surface area contributed by atoms with E-state index in [0.717, 1.165) is 11.3 Å². The van der Waals surface area contributed by atoms with Gasteiger partial charge in [0, 0.05) is 5.69 Å². The first kappa shape index (κ1) is 16.8. The predicted octanol–water partition coefficient (Wildman–Crippen LogP) is 5.01. The van der Waals surface area contributed by atoms with Crippen LogP contribution in [0.5, 0.6) is 11.5 Å². The number of hydrogen-bond donors (Lipinski definition) is 1. The standard InChI is InChI=1S/C21H17N3O3/c25-21(13-15-6-11-19-20(12-15)27-14-26-19)22-16-7-9-18(10-8-16)24-23-17-4-2-1-3-5-17/h1-12H,13-14H2,(H,22,25). The fraction of sp³-hybridized carbons (Fsp3) is 0.0952. The molecule has 0 saturated carbocycles. The van der Waals surface area contributed by atoms with Gasteiger partial charge in [0.2, 0.25) is 12.7 Å². The van der Waals surface area contributed by atoms with Crippen molar-refractivity contribution in [2.24, 2.45) is 10.2 Å². The fourth-order valence-electron chi connectivity index (χ4n) is 2.66. The van der Waals surface area contributed by atoms with Gasteiger partial charge in [-0.2, -0.15) is 10.2 Å². The van der Waals surface area contributed by atoms with E-state index in [1.54, 1.807) is 12.1 Å². The molecular formula is C21H17N3O3. The van der Waals surface area contributed by atoms with E-state index in [4.69, 9.17) is 9.47 Å². The number of benzene rings is 3. The molecule has 0 aromatic heterocycles. The normalized spacial score (nSPS) is 12.3. The molecule has 6 nitrogen and oxygen atoms in total. The minimum absolute atomic E-state index is 0.104. The molecule has 134 valence electrons. The molecule has 0 atom stereocenters. The minimum Gasteiger partial charge on any atom is -0.454 e. The SMILES string of the molecule is O=C(Cc1ccc2c(c1)OCO2)Nc1ccc(N=Nc2ccccc2)cc1. The molecular weight excluding hydrogens is 342 g/mol. The van der Waals surface area contributed by atoms with Gasteiger partial charge in [-0.1, -0.05) is 24.3 Å². The molecule has 3 aromatic carbocycles. The molecule has 0 aliphatic carbocycles. The molecule has 1 N–H and O–H groups in total. The van der Waals surface area contributed by atoms with Gasteiger partial charge in [0.05, 0.1) is 17.8 Å². The first-order valence-corrected chi connectivity index (χ1v) is 8.51. The van der Waals surface area contributed by atoms with E-state index in [2.05, 4.69) is 15.5 Å². The summed E-state index contributed by atoms with van der Waals surface area (Å²) in [4.78, 5) is 12.3. The lowest BCUT2D eigenvalue weighted by Gasteiger charge is -2.06. The molecule has 0 fully saturated rings. The predicted molar refractivity (Wildman–Crippen MR) is 102 cm³/mol. The summed E-state index contributed by atoms with van der Waals surface area (Å²) >= 11 is 0. The van der Waals surface area contributed by atoms with Crippen molar-refractivity contribution >= 4 is 23.0 Å². The van der Waals surface area contributed by atoms with E-state index < -0.39 is 0 Å². The van der Waals surface area contributed by atoms with Crippen LogP contribution in [-0.4, -0.2) is 12.7 Å². The Hall–Kier alpha value is -3.67. The Balaban J connectivity index is 1.35. The number of fused-ring (bicyclic) bond motifs is 1. The Labute approximate surface area is 156 Å². The Bertz CT molecular complexity index is 970. The van der Waals surface area contributed by atoms with Gasteiger partial charge in [-0.15, -0.1) is 0 Å². The van der Waals surface area contributed by atoms with Gasteiger partial charge in [0.25, 0.3) is 0 Å². The molecule has 0 bridgehead atoms. The van der Waals surface area contributed by atoms with E-state index in [1.165, 1.54) is 0 Å². The summed E-state index contributed by atoms with van der Waals surface area (Å²) < 4.78 is 10.6. The number of anilines is 1. The fourth-order valence-corrected chi connectivity index (χ4v) is 2.66. The molecule has 1 amide bonds. The molecule has 3 aromatic rings. The Morgan fingerprint density at radius 1 is 0.852 bits per heavy atom. The van der Waals surface area contributed by atoms with Gasteiger partial charge in [-0.3, -0.25) is 4.79 Å². The highest BCUT2D eigenvalue weighted by Gasteiger charge is 2.14. The van der Waals surface area contributed by atoms with E-state index in [0.29, 0.717) is 22.9 Å². The molecule has 1 aliphatic rings. The number of carbonyl (C=O) groups excluding carboxylic acids is 1. The summed E-state index contributed by atoms with van der Waals surface area (Å²) in [6.45, 7) is 0.221. The van der Waals surface area contributed by atoms with Gasteiger partial charge >= 0.3 is 0 Å². The third-order valence-corrected chi connectivity index (χ3v) is 3.99. The number of carbonyl (C=O) groups is 1. The molecule has 6 heteroatoms. The largest absolute Gasteiger partial charge is 0.454 e. The second-order valence-corrected chi connectivity index (χ2v) is 5.99. The topological polar surface area (TPSA) is 72.3 Å². The van der Waals surface area contributed by atoms with Crippen LogP contribution in [0.4, 0.5) is 17.1 Å². The van der Waals surface area contributed by atoms with E-state index in [9.17, 15) is 4.79 Å². The zero-order valence-corrected chi connectivity index (χ0v) is 14.5. The third-order valence-electron chi connectivity index (χ3n) is 3.99. The van der Waals surface area contributed by atoms with Gasteiger partial charge < -0.3 is 14.8 Å². The summed E-state index contributed by atoms with van der Waals surface area (Å²) in [5, 5.41) is 11.2. The molecule has 0 radical (unpaired) electrons. The smallest absolute Gasteiger partial charge is 0.231 e. The molecule has 0 unspecified atom stereocenters. The molecule has 1 aliphatic heterocycles. The van der Waals surface area contributed by atoms with Crippen LogP contribution >= 0.6 is 0 Å². The third kappa shape index (κ3) is 4.30. The molecule has 27 heavy (non-hydrogen) atoms. The van der Waals surface area contributed by atoms with Gasteiger partial charge in [0.15, 0.2) is 11.5 Å². The van der Waals surface area contributed by atoms with Gasteiger partial charge in [-0.05, 0) is 54.1 Å². The van der Waals surface area contributed by atoms with Crippen LogP contribution in [-0.2, 0) is 11.2 Å². The highest BCUT2D eigenvalue weighted by molar-refractivity contribution is 5.92. The monoisotopic (exact) mass is 359 g/mol. The lowest BCUT2D eigenvalue weighted by molar-refractivity contribution is -0.115. The van der Waals surface area contributed by atoms with Crippen molar-refractivity contribution in [1.29, 1.82) is 0 Å². The van der Waals surface area contributed by atoms with Crippen molar-refractivity contribution in [3.05, 3.63) is 78.4 Å². The van der Waals surface area contributed by atoms with Crippen LogP contribution < -0.4 is 14.8 Å². The lowest BCUT2D eigenvalue weighted by Crippen LogP contribution is -2.14. The second kappa shape index (κ2) is 7.70. The zero-order valence-electron chi connectivity index (χ0n) is 14.5. The maximum absolute atomic E-state index is 12.3. The average Bonchev–Trinajstić information content (AvgIpc) is 3.16. The molecule has 0 spiro atoms. The van der Waals surface area contributed by atoms with Crippen LogP contribution in [0.2, 0.25) is 0 Å². The summed E-state index contributed by atoms with van der Waals surface area (Å²) in [5.74, 6) is 1.28. The van der Waals surface area contributed by atoms with E-state index >= 15 is 0 Å². The van der Waals surface area contributed by atoms with E-state index in [-0.39, 0.29) is 19.1 Å². The highest BCUT2D eigenvalue weighted by Crippen LogP contribution is 2.32. The van der Waals surface area contributed by atoms with Crippen molar-refractivity contribution in [1.82, 2.24) is 0 Å². The quantitative estimate of drug-likeness (QED) is 0.651. The van der Waals surface area contributed by atoms with Crippen molar-refractivity contribution in [3.8, 4) is 11.5 Å². The number of amides is 1. The molecule has 0 saturated heterocycles. The maximum Gasteiger partial charge on any atom is 0.231 e. The van der Waals surface area contributed by atoms with Crippen LogP contribution in [0.25, 0.3) is 0 Å². The number of azo groups is 1. The summed E-state index contributed by atoms with van der Waals surface area (Å²) in [5.41, 5.74) is 3.08. The number of rotatable bonds is 5. The molecule has 4 rings (SSSR count). The summed E-state index contributed by atoms with van der Waals surface area (Å²) in [6.07, 6.45) is 0.256. The number of hydrogen-bond acceptors (Lipinski definition) is 5. The lowest BCUT2D eigenvalue weighted by atomic mass is 10.1. The Morgan fingerprint density at radius 3 is 2.33 bits per heavy atom. The summed E-state index contributed by atoms with van der Waals surface area (Å²) in [7, 11) is 0. The first-order chi connectivity index (χ1) is 13.3. The number of ether oxygens (including phenoxy) is 2. The van der Waals surface area contributed by atoms with Crippen molar-refractivity contribution in [2.75, 3.05) is 12.1 Å². The van der Waals surface area contributed by atoms with Crippen molar-refractivity contribution in [2.45, 2.75) is 6.42 Å². The molecule has 1 heterocycles. The zero-order chi connectivity index (χ0) is 18.5. The highest BCUT2D eigenvalue weighted by atomic mass is 16.7. The van der Waals surface area contributed by atoms with Crippen LogP contribution in [0.1, 0.15) is 5.56 Å².